The molecule has 0 unspecified atom stereocenters. The zero-order valence-electron chi connectivity index (χ0n) is 9.10. The Labute approximate surface area is 98.6 Å². The van der Waals surface area contributed by atoms with E-state index >= 15 is 0 Å². The summed E-state index contributed by atoms with van der Waals surface area (Å²) >= 11 is 1.89. The quantitative estimate of drug-likeness (QED) is 0.820. The van der Waals surface area contributed by atoms with Crippen LogP contribution in [0.3, 0.4) is 0 Å². The molecule has 0 radical (unpaired) electrons. The molecule has 4 heteroatoms. The predicted octanol–water partition coefficient (Wildman–Crippen LogP) is 2.51. The SMILES string of the molecule is Cc1ccc(-n2nc(N)c3c2CSC3)cc1. The number of rotatable bonds is 1. The third-order valence-corrected chi connectivity index (χ3v) is 3.86. The molecule has 3 rings (SSSR count). The van der Waals surface area contributed by atoms with Crippen molar-refractivity contribution in [1.29, 1.82) is 0 Å². The molecule has 2 aromatic rings. The smallest absolute Gasteiger partial charge is 0.150 e. The highest BCUT2D eigenvalue weighted by atomic mass is 32.2. The van der Waals surface area contributed by atoms with Crippen LogP contribution in [-0.2, 0) is 11.5 Å². The molecule has 0 atom stereocenters. The van der Waals surface area contributed by atoms with Gasteiger partial charge in [-0.05, 0) is 19.1 Å². The van der Waals surface area contributed by atoms with Gasteiger partial charge in [0.15, 0.2) is 0 Å². The van der Waals surface area contributed by atoms with E-state index in [4.69, 9.17) is 5.73 Å². The van der Waals surface area contributed by atoms with Gasteiger partial charge in [-0.1, -0.05) is 17.7 Å². The molecule has 0 aliphatic carbocycles. The molecule has 1 aromatic carbocycles. The number of nitrogens with zero attached hydrogens (tertiary/aromatic N) is 2. The van der Waals surface area contributed by atoms with Gasteiger partial charge in [0.25, 0.3) is 0 Å². The molecule has 0 amide bonds. The van der Waals surface area contributed by atoms with Gasteiger partial charge in [-0.25, -0.2) is 4.68 Å². The lowest BCUT2D eigenvalue weighted by Crippen LogP contribution is -2.00. The van der Waals surface area contributed by atoms with E-state index in [-0.39, 0.29) is 0 Å². The maximum absolute atomic E-state index is 5.91. The highest BCUT2D eigenvalue weighted by Gasteiger charge is 2.21. The molecule has 16 heavy (non-hydrogen) atoms. The number of anilines is 1. The topological polar surface area (TPSA) is 43.8 Å². The summed E-state index contributed by atoms with van der Waals surface area (Å²) in [7, 11) is 0. The first-order valence-corrected chi connectivity index (χ1v) is 6.42. The summed E-state index contributed by atoms with van der Waals surface area (Å²) in [6, 6.07) is 8.37. The van der Waals surface area contributed by atoms with Gasteiger partial charge in [0.1, 0.15) is 5.82 Å². The summed E-state index contributed by atoms with van der Waals surface area (Å²) in [5, 5.41) is 4.41. The Kier molecular flexibility index (Phi) is 2.17. The van der Waals surface area contributed by atoms with Crippen molar-refractivity contribution in [2.75, 3.05) is 5.73 Å². The first-order valence-electron chi connectivity index (χ1n) is 5.27. The number of fused-ring (bicyclic) bond motifs is 1. The lowest BCUT2D eigenvalue weighted by Gasteiger charge is -2.05. The second-order valence-electron chi connectivity index (χ2n) is 4.05. The first-order chi connectivity index (χ1) is 7.75. The fourth-order valence-corrected chi connectivity index (χ4v) is 3.07. The van der Waals surface area contributed by atoms with Crippen molar-refractivity contribution in [3.05, 3.63) is 41.1 Å². The van der Waals surface area contributed by atoms with Gasteiger partial charge in [0, 0.05) is 17.1 Å². The lowest BCUT2D eigenvalue weighted by atomic mass is 10.2. The van der Waals surface area contributed by atoms with E-state index in [1.54, 1.807) is 0 Å². The molecule has 0 bridgehead atoms. The van der Waals surface area contributed by atoms with Gasteiger partial charge in [-0.15, -0.1) is 0 Å². The monoisotopic (exact) mass is 231 g/mol. The van der Waals surface area contributed by atoms with Gasteiger partial charge in [0.2, 0.25) is 0 Å². The molecule has 2 heterocycles. The van der Waals surface area contributed by atoms with Crippen molar-refractivity contribution in [1.82, 2.24) is 9.78 Å². The van der Waals surface area contributed by atoms with Crippen LogP contribution in [0.5, 0.6) is 0 Å². The van der Waals surface area contributed by atoms with E-state index in [0.717, 1.165) is 17.2 Å². The molecule has 0 spiro atoms. The number of aryl methyl sites for hydroxylation is 1. The van der Waals surface area contributed by atoms with Crippen LogP contribution in [0.2, 0.25) is 0 Å². The molecule has 0 saturated carbocycles. The second kappa shape index (κ2) is 3.56. The van der Waals surface area contributed by atoms with E-state index in [1.165, 1.54) is 16.8 Å². The van der Waals surface area contributed by atoms with Crippen molar-refractivity contribution in [3.63, 3.8) is 0 Å². The molecule has 1 aliphatic rings. The number of nitrogen functional groups attached to an aromatic ring is 1. The minimum absolute atomic E-state index is 0.681. The van der Waals surface area contributed by atoms with Crippen molar-refractivity contribution >= 4 is 17.6 Å². The van der Waals surface area contributed by atoms with Crippen molar-refractivity contribution < 1.29 is 0 Å². The van der Waals surface area contributed by atoms with E-state index < -0.39 is 0 Å². The number of benzene rings is 1. The Bertz CT molecular complexity index is 528. The molecule has 82 valence electrons. The highest BCUT2D eigenvalue weighted by Crippen LogP contribution is 2.34. The predicted molar refractivity (Wildman–Crippen MR) is 67.7 cm³/mol. The van der Waals surface area contributed by atoms with Crippen molar-refractivity contribution in [3.8, 4) is 5.69 Å². The summed E-state index contributed by atoms with van der Waals surface area (Å²) in [5.74, 6) is 2.68. The maximum Gasteiger partial charge on any atom is 0.150 e. The van der Waals surface area contributed by atoms with Gasteiger partial charge in [-0.3, -0.25) is 0 Å². The van der Waals surface area contributed by atoms with Crippen molar-refractivity contribution in [2.45, 2.75) is 18.4 Å². The Balaban J connectivity index is 2.13. The number of hydrogen-bond acceptors (Lipinski definition) is 3. The van der Waals surface area contributed by atoms with Crippen molar-refractivity contribution in [2.24, 2.45) is 0 Å². The van der Waals surface area contributed by atoms with Gasteiger partial charge >= 0.3 is 0 Å². The summed E-state index contributed by atoms with van der Waals surface area (Å²) in [6.07, 6.45) is 0. The van der Waals surface area contributed by atoms with Crippen LogP contribution in [0.4, 0.5) is 5.82 Å². The standard InChI is InChI=1S/C12H13N3S/c1-8-2-4-9(5-3-8)15-11-7-16-6-10(11)12(13)14-15/h2-5H,6-7H2,1H3,(H2,13,14). The second-order valence-corrected chi connectivity index (χ2v) is 5.04. The third-order valence-electron chi connectivity index (χ3n) is 2.88. The van der Waals surface area contributed by atoms with Crippen LogP contribution in [0.1, 0.15) is 16.8 Å². The fraction of sp³-hybridized carbons (Fsp3) is 0.250. The first kappa shape index (κ1) is 9.78. The number of aromatic nitrogens is 2. The molecule has 0 saturated heterocycles. The van der Waals surface area contributed by atoms with Crippen LogP contribution < -0.4 is 5.73 Å². The van der Waals surface area contributed by atoms with E-state index in [0.29, 0.717) is 5.82 Å². The summed E-state index contributed by atoms with van der Waals surface area (Å²) in [6.45, 7) is 2.08. The molecule has 1 aromatic heterocycles. The maximum atomic E-state index is 5.91. The molecular formula is C12H13N3S. The van der Waals surface area contributed by atoms with E-state index in [2.05, 4.69) is 36.3 Å². The zero-order valence-corrected chi connectivity index (χ0v) is 9.92. The Morgan fingerprint density at radius 3 is 2.75 bits per heavy atom. The normalized spacial score (nSPS) is 14.1. The Hall–Kier alpha value is -1.42. The van der Waals surface area contributed by atoms with Crippen LogP contribution in [0.15, 0.2) is 24.3 Å². The minimum atomic E-state index is 0.681. The largest absolute Gasteiger partial charge is 0.382 e. The highest BCUT2D eigenvalue weighted by molar-refractivity contribution is 7.98. The third kappa shape index (κ3) is 1.41. The average molecular weight is 231 g/mol. The summed E-state index contributed by atoms with van der Waals surface area (Å²) < 4.78 is 1.98. The Morgan fingerprint density at radius 2 is 2.00 bits per heavy atom. The number of hydrogen-bond donors (Lipinski definition) is 1. The van der Waals surface area contributed by atoms with E-state index in [1.807, 2.05) is 16.4 Å². The Morgan fingerprint density at radius 1 is 1.25 bits per heavy atom. The minimum Gasteiger partial charge on any atom is -0.382 e. The van der Waals surface area contributed by atoms with E-state index in [9.17, 15) is 0 Å². The molecule has 1 aliphatic heterocycles. The lowest BCUT2D eigenvalue weighted by molar-refractivity contribution is 0.846. The fourth-order valence-electron chi connectivity index (χ4n) is 1.96. The summed E-state index contributed by atoms with van der Waals surface area (Å²) in [4.78, 5) is 0. The number of nitrogens with two attached hydrogens (primary N) is 1. The van der Waals surface area contributed by atoms with Gasteiger partial charge in [-0.2, -0.15) is 16.9 Å². The van der Waals surface area contributed by atoms with Crippen LogP contribution in [0, 0.1) is 6.92 Å². The van der Waals surface area contributed by atoms with Crippen LogP contribution in [-0.4, -0.2) is 9.78 Å². The van der Waals surface area contributed by atoms with Gasteiger partial charge in [0.05, 0.1) is 11.4 Å². The zero-order chi connectivity index (χ0) is 11.1. The molecule has 0 fully saturated rings. The summed E-state index contributed by atoms with van der Waals surface area (Å²) in [5.41, 5.74) is 10.7. The molecular weight excluding hydrogens is 218 g/mol. The molecule has 2 N–H and O–H groups in total. The van der Waals surface area contributed by atoms with Gasteiger partial charge < -0.3 is 5.73 Å². The molecule has 3 nitrogen and oxygen atoms in total. The average Bonchev–Trinajstić information content (AvgIpc) is 2.84. The van der Waals surface area contributed by atoms with Crippen LogP contribution >= 0.6 is 11.8 Å². The van der Waals surface area contributed by atoms with Crippen LogP contribution in [0.25, 0.3) is 5.69 Å². The number of thioether (sulfide) groups is 1.